The molecule has 0 aliphatic heterocycles. The van der Waals surface area contributed by atoms with Crippen LogP contribution in [0.15, 0.2) is 22.7 Å². The van der Waals surface area contributed by atoms with Gasteiger partial charge in [0, 0.05) is 15.1 Å². The van der Waals surface area contributed by atoms with Gasteiger partial charge in [0.2, 0.25) is 17.2 Å². The maximum atomic E-state index is 5.81. The zero-order valence-corrected chi connectivity index (χ0v) is 13.7. The number of rotatable bonds is 3. The van der Waals surface area contributed by atoms with Gasteiger partial charge in [-0.2, -0.15) is 15.0 Å². The Morgan fingerprint density at radius 3 is 2.67 bits per heavy atom. The molecule has 0 fully saturated rings. The normalized spacial score (nSPS) is 10.2. The van der Waals surface area contributed by atoms with E-state index in [1.54, 1.807) is 7.05 Å². The predicted molar refractivity (Wildman–Crippen MR) is 84.5 cm³/mol. The predicted octanol–water partition coefficient (Wildman–Crippen LogP) is 3.68. The van der Waals surface area contributed by atoms with Crippen LogP contribution in [-0.4, -0.2) is 22.0 Å². The van der Waals surface area contributed by atoms with Crippen LogP contribution in [0.2, 0.25) is 5.28 Å². The average Bonchev–Trinajstić information content (AvgIpc) is 2.33. The number of nitrogens with zero attached hydrogens (tertiary/aromatic N) is 3. The van der Waals surface area contributed by atoms with Crippen LogP contribution in [0.5, 0.6) is 0 Å². The number of aromatic nitrogens is 3. The Morgan fingerprint density at radius 2 is 1.94 bits per heavy atom. The molecule has 1 heterocycles. The van der Waals surface area contributed by atoms with Crippen molar-refractivity contribution in [3.63, 3.8) is 0 Å². The van der Waals surface area contributed by atoms with Gasteiger partial charge in [-0.05, 0) is 68.3 Å². The fourth-order valence-corrected chi connectivity index (χ4v) is 2.23. The van der Waals surface area contributed by atoms with E-state index in [2.05, 4.69) is 64.1 Å². The molecular formula is C10H8BrClIN5. The third kappa shape index (κ3) is 3.42. The Morgan fingerprint density at radius 1 is 1.22 bits per heavy atom. The first-order chi connectivity index (χ1) is 8.58. The molecule has 0 amide bonds. The molecule has 0 spiro atoms. The van der Waals surface area contributed by atoms with E-state index in [4.69, 9.17) is 11.6 Å². The van der Waals surface area contributed by atoms with Gasteiger partial charge in [0.05, 0.1) is 5.69 Å². The topological polar surface area (TPSA) is 62.7 Å². The lowest BCUT2D eigenvalue weighted by Crippen LogP contribution is -2.04. The van der Waals surface area contributed by atoms with Gasteiger partial charge in [-0.1, -0.05) is 0 Å². The van der Waals surface area contributed by atoms with Crippen molar-refractivity contribution in [3.05, 3.63) is 31.5 Å². The summed E-state index contributed by atoms with van der Waals surface area (Å²) in [7, 11) is 1.72. The summed E-state index contributed by atoms with van der Waals surface area (Å²) >= 11 is 11.5. The van der Waals surface area contributed by atoms with Gasteiger partial charge in [-0.3, -0.25) is 0 Å². The van der Waals surface area contributed by atoms with Crippen LogP contribution < -0.4 is 10.6 Å². The summed E-state index contributed by atoms with van der Waals surface area (Å²) in [5.74, 6) is 0.807. The molecule has 94 valence electrons. The van der Waals surface area contributed by atoms with Gasteiger partial charge in [0.25, 0.3) is 0 Å². The van der Waals surface area contributed by atoms with Gasteiger partial charge in [-0.25, -0.2) is 0 Å². The third-order valence-corrected chi connectivity index (χ3v) is 3.54. The smallest absolute Gasteiger partial charge is 0.233 e. The minimum absolute atomic E-state index is 0.138. The monoisotopic (exact) mass is 439 g/mol. The van der Waals surface area contributed by atoms with Crippen molar-refractivity contribution in [2.75, 3.05) is 17.7 Å². The lowest BCUT2D eigenvalue weighted by molar-refractivity contribution is 1.05. The Bertz CT molecular complexity index is 580. The van der Waals surface area contributed by atoms with E-state index in [1.807, 2.05) is 18.2 Å². The number of benzene rings is 1. The quantitative estimate of drug-likeness (QED) is 0.713. The Kier molecular flexibility index (Phi) is 4.57. The summed E-state index contributed by atoms with van der Waals surface area (Å²) in [5.41, 5.74) is 0.867. The van der Waals surface area contributed by atoms with E-state index in [1.165, 1.54) is 0 Å². The standard InChI is InChI=1S/C10H8BrClIN5/c1-14-9-16-8(12)17-10(18-9)15-7-4-5(13)2-3-6(7)11/h2-4H,1H3,(H2,14,15,16,17,18). The molecule has 0 bridgehead atoms. The SMILES string of the molecule is CNc1nc(Cl)nc(Nc2cc(I)ccc2Br)n1. The molecule has 0 saturated carbocycles. The number of nitrogens with one attached hydrogen (secondary N) is 2. The van der Waals surface area contributed by atoms with Crippen LogP contribution in [0.4, 0.5) is 17.6 Å². The fraction of sp³-hybridized carbons (Fsp3) is 0.100. The lowest BCUT2D eigenvalue weighted by atomic mass is 10.3. The minimum atomic E-state index is 0.138. The van der Waals surface area contributed by atoms with Crippen LogP contribution in [0.3, 0.4) is 0 Å². The maximum Gasteiger partial charge on any atom is 0.233 e. The van der Waals surface area contributed by atoms with E-state index in [0.29, 0.717) is 11.9 Å². The van der Waals surface area contributed by atoms with Crippen molar-refractivity contribution in [2.45, 2.75) is 0 Å². The highest BCUT2D eigenvalue weighted by molar-refractivity contribution is 14.1. The Balaban J connectivity index is 2.33. The Hall–Kier alpha value is -0.670. The molecule has 1 aromatic carbocycles. The summed E-state index contributed by atoms with van der Waals surface area (Å²) in [6.07, 6.45) is 0. The highest BCUT2D eigenvalue weighted by Crippen LogP contribution is 2.26. The van der Waals surface area contributed by atoms with Crippen molar-refractivity contribution in [3.8, 4) is 0 Å². The van der Waals surface area contributed by atoms with Crippen molar-refractivity contribution in [2.24, 2.45) is 0 Å². The molecule has 0 saturated heterocycles. The van der Waals surface area contributed by atoms with Crippen molar-refractivity contribution < 1.29 is 0 Å². The van der Waals surface area contributed by atoms with E-state index >= 15 is 0 Å². The molecule has 0 aliphatic carbocycles. The second-order valence-corrected chi connectivity index (χ2v) is 5.69. The number of anilines is 3. The Labute approximate surface area is 131 Å². The van der Waals surface area contributed by atoms with Crippen LogP contribution >= 0.6 is 50.1 Å². The lowest BCUT2D eigenvalue weighted by Gasteiger charge is -2.08. The summed E-state index contributed by atoms with van der Waals surface area (Å²) < 4.78 is 2.03. The first kappa shape index (κ1) is 13.8. The second kappa shape index (κ2) is 5.98. The molecule has 0 radical (unpaired) electrons. The molecule has 0 unspecified atom stereocenters. The highest BCUT2D eigenvalue weighted by atomic mass is 127. The molecule has 18 heavy (non-hydrogen) atoms. The largest absolute Gasteiger partial charge is 0.357 e. The van der Waals surface area contributed by atoms with Gasteiger partial charge in [0.15, 0.2) is 0 Å². The van der Waals surface area contributed by atoms with Gasteiger partial charge < -0.3 is 10.6 Å². The molecule has 1 aromatic heterocycles. The van der Waals surface area contributed by atoms with Crippen LogP contribution in [0.25, 0.3) is 0 Å². The molecule has 0 aliphatic rings. The first-order valence-corrected chi connectivity index (χ1v) is 7.15. The van der Waals surface area contributed by atoms with Crippen LogP contribution in [0, 0.1) is 3.57 Å². The summed E-state index contributed by atoms with van der Waals surface area (Å²) in [5, 5.41) is 6.05. The number of hydrogen-bond acceptors (Lipinski definition) is 5. The van der Waals surface area contributed by atoms with Gasteiger partial charge in [-0.15, -0.1) is 0 Å². The summed E-state index contributed by atoms with van der Waals surface area (Å²) in [6.45, 7) is 0. The molecular weight excluding hydrogens is 432 g/mol. The highest BCUT2D eigenvalue weighted by Gasteiger charge is 2.06. The number of hydrogen-bond donors (Lipinski definition) is 2. The first-order valence-electron chi connectivity index (χ1n) is 4.90. The summed E-state index contributed by atoms with van der Waals surface area (Å²) in [4.78, 5) is 12.1. The third-order valence-electron chi connectivity index (χ3n) is 2.01. The van der Waals surface area contributed by atoms with E-state index in [9.17, 15) is 0 Å². The zero-order valence-electron chi connectivity index (χ0n) is 9.21. The van der Waals surface area contributed by atoms with Crippen molar-refractivity contribution in [1.82, 2.24) is 15.0 Å². The van der Waals surface area contributed by atoms with E-state index < -0.39 is 0 Å². The molecule has 2 N–H and O–H groups in total. The molecule has 5 nitrogen and oxygen atoms in total. The number of halogens is 3. The van der Waals surface area contributed by atoms with Gasteiger partial charge >= 0.3 is 0 Å². The fourth-order valence-electron chi connectivity index (χ4n) is 1.23. The van der Waals surface area contributed by atoms with E-state index in [0.717, 1.165) is 13.7 Å². The van der Waals surface area contributed by atoms with Crippen molar-refractivity contribution >= 4 is 67.7 Å². The van der Waals surface area contributed by atoms with Crippen molar-refractivity contribution in [1.29, 1.82) is 0 Å². The molecule has 0 atom stereocenters. The second-order valence-electron chi connectivity index (χ2n) is 3.25. The van der Waals surface area contributed by atoms with Crippen LogP contribution in [-0.2, 0) is 0 Å². The van der Waals surface area contributed by atoms with Crippen LogP contribution in [0.1, 0.15) is 0 Å². The van der Waals surface area contributed by atoms with Gasteiger partial charge in [0.1, 0.15) is 0 Å². The maximum absolute atomic E-state index is 5.81. The zero-order chi connectivity index (χ0) is 13.1. The molecule has 2 rings (SSSR count). The average molecular weight is 440 g/mol. The molecule has 8 heteroatoms. The molecule has 2 aromatic rings. The van der Waals surface area contributed by atoms with E-state index in [-0.39, 0.29) is 5.28 Å². The summed E-state index contributed by atoms with van der Waals surface area (Å²) in [6, 6.07) is 5.92. The minimum Gasteiger partial charge on any atom is -0.357 e.